The van der Waals surface area contributed by atoms with E-state index in [1.54, 1.807) is 11.3 Å². The highest BCUT2D eigenvalue weighted by molar-refractivity contribution is 7.09. The van der Waals surface area contributed by atoms with Crippen LogP contribution in [0.4, 0.5) is 0 Å². The van der Waals surface area contributed by atoms with E-state index >= 15 is 0 Å². The highest BCUT2D eigenvalue weighted by Crippen LogP contribution is 2.31. The second kappa shape index (κ2) is 6.15. The Kier molecular flexibility index (Phi) is 3.95. The van der Waals surface area contributed by atoms with Crippen LogP contribution in [0.25, 0.3) is 11.3 Å². The molecule has 1 aliphatic rings. The van der Waals surface area contributed by atoms with E-state index in [1.807, 2.05) is 48.0 Å². The Morgan fingerprint density at radius 1 is 1.44 bits per heavy atom. The first-order valence-corrected chi connectivity index (χ1v) is 9.32. The summed E-state index contributed by atoms with van der Waals surface area (Å²) in [6.45, 7) is 4.64. The zero-order chi connectivity index (χ0) is 17.6. The van der Waals surface area contributed by atoms with E-state index in [2.05, 4.69) is 21.4 Å². The number of aromatic amines is 1. The van der Waals surface area contributed by atoms with E-state index in [9.17, 15) is 4.79 Å². The van der Waals surface area contributed by atoms with E-state index in [1.165, 1.54) is 4.88 Å². The summed E-state index contributed by atoms with van der Waals surface area (Å²) < 4.78 is 1.84. The molecule has 25 heavy (non-hydrogen) atoms. The van der Waals surface area contributed by atoms with Gasteiger partial charge in [0.1, 0.15) is 5.69 Å². The first kappa shape index (κ1) is 16.1. The molecule has 1 saturated carbocycles. The fraction of sp³-hybridized carbons (Fsp3) is 0.389. The number of carbonyl (C=O) groups excluding carboxylic acids is 1. The van der Waals surface area contributed by atoms with Crippen LogP contribution >= 0.6 is 11.3 Å². The lowest BCUT2D eigenvalue weighted by Gasteiger charge is -2.20. The molecule has 130 valence electrons. The first-order valence-electron chi connectivity index (χ1n) is 8.44. The minimum Gasteiger partial charge on any atom is -0.329 e. The summed E-state index contributed by atoms with van der Waals surface area (Å²) in [7, 11) is 1.92. The van der Waals surface area contributed by atoms with Gasteiger partial charge in [0.2, 0.25) is 0 Å². The van der Waals surface area contributed by atoms with Gasteiger partial charge in [-0.1, -0.05) is 6.07 Å². The van der Waals surface area contributed by atoms with Crippen molar-refractivity contribution in [2.75, 3.05) is 0 Å². The average molecular weight is 355 g/mol. The van der Waals surface area contributed by atoms with E-state index in [4.69, 9.17) is 0 Å². The molecule has 3 aromatic heterocycles. The maximum absolute atomic E-state index is 13.0. The van der Waals surface area contributed by atoms with Gasteiger partial charge in [-0.2, -0.15) is 10.2 Å². The Morgan fingerprint density at radius 3 is 2.84 bits per heavy atom. The van der Waals surface area contributed by atoms with Gasteiger partial charge >= 0.3 is 0 Å². The molecule has 0 atom stereocenters. The van der Waals surface area contributed by atoms with Crippen LogP contribution < -0.4 is 0 Å². The number of aromatic nitrogens is 4. The lowest BCUT2D eigenvalue weighted by atomic mass is 10.1. The maximum atomic E-state index is 13.0. The molecule has 6 nitrogen and oxygen atoms in total. The third kappa shape index (κ3) is 3.00. The molecule has 0 radical (unpaired) electrons. The largest absolute Gasteiger partial charge is 0.329 e. The topological polar surface area (TPSA) is 66.8 Å². The molecule has 1 amide bonds. The first-order chi connectivity index (χ1) is 12.0. The van der Waals surface area contributed by atoms with E-state index in [-0.39, 0.29) is 5.91 Å². The number of hydrogen-bond acceptors (Lipinski definition) is 4. The SMILES string of the molecule is Cc1nn(C)c(C)c1-c1cc(C(=O)N(Cc2cccs2)C2CC2)[nH]n1. The van der Waals surface area contributed by atoms with Crippen molar-refractivity contribution < 1.29 is 4.79 Å². The number of aryl methyl sites for hydroxylation is 2. The molecular weight excluding hydrogens is 334 g/mol. The number of nitrogens with zero attached hydrogens (tertiary/aromatic N) is 4. The predicted octanol–water partition coefficient (Wildman–Crippen LogP) is 3.29. The zero-order valence-electron chi connectivity index (χ0n) is 14.6. The van der Waals surface area contributed by atoms with Gasteiger partial charge in [-0.05, 0) is 44.2 Å². The molecule has 4 rings (SSSR count). The van der Waals surface area contributed by atoms with Crippen molar-refractivity contribution in [1.82, 2.24) is 24.9 Å². The fourth-order valence-corrected chi connectivity index (χ4v) is 3.88. The molecule has 1 fully saturated rings. The molecule has 0 aliphatic heterocycles. The molecule has 0 spiro atoms. The standard InChI is InChI=1S/C18H21N5OS/c1-11-17(12(2)22(3)21-11)15-9-16(20-19-15)18(24)23(13-6-7-13)10-14-5-4-8-25-14/h4-5,8-9,13H,6-7,10H2,1-3H3,(H,19,20). The van der Waals surface area contributed by atoms with Crippen LogP contribution in [0.15, 0.2) is 23.6 Å². The second-order valence-corrected chi connectivity index (χ2v) is 7.61. The van der Waals surface area contributed by atoms with Gasteiger partial charge in [-0.25, -0.2) is 0 Å². The summed E-state index contributed by atoms with van der Waals surface area (Å²) >= 11 is 1.69. The summed E-state index contributed by atoms with van der Waals surface area (Å²) in [4.78, 5) is 16.2. The molecule has 0 unspecified atom stereocenters. The molecule has 3 aromatic rings. The van der Waals surface area contributed by atoms with Crippen LogP contribution in [-0.4, -0.2) is 36.8 Å². The Labute approximate surface area is 150 Å². The smallest absolute Gasteiger partial charge is 0.272 e. The fourth-order valence-electron chi connectivity index (χ4n) is 3.18. The molecular formula is C18H21N5OS. The summed E-state index contributed by atoms with van der Waals surface area (Å²) in [6.07, 6.45) is 2.16. The highest BCUT2D eigenvalue weighted by atomic mass is 32.1. The molecule has 0 saturated heterocycles. The minimum atomic E-state index is 0.0221. The van der Waals surface area contributed by atoms with Crippen molar-refractivity contribution in [2.24, 2.45) is 7.05 Å². The summed E-state index contributed by atoms with van der Waals surface area (Å²) in [5.74, 6) is 0.0221. The molecule has 1 aliphatic carbocycles. The van der Waals surface area contributed by atoms with Gasteiger partial charge in [0.15, 0.2) is 0 Å². The van der Waals surface area contributed by atoms with Gasteiger partial charge < -0.3 is 4.90 Å². The van der Waals surface area contributed by atoms with Crippen LogP contribution in [0.2, 0.25) is 0 Å². The Hall–Kier alpha value is -2.41. The number of carbonyl (C=O) groups is 1. The lowest BCUT2D eigenvalue weighted by Crippen LogP contribution is -2.32. The third-order valence-corrected chi connectivity index (χ3v) is 5.59. The number of nitrogens with one attached hydrogen (secondary N) is 1. The van der Waals surface area contributed by atoms with Crippen LogP contribution in [0.1, 0.15) is 39.6 Å². The summed E-state index contributed by atoms with van der Waals surface area (Å²) in [5, 5.41) is 13.8. The monoisotopic (exact) mass is 355 g/mol. The Balaban J connectivity index is 1.61. The molecule has 7 heteroatoms. The summed E-state index contributed by atoms with van der Waals surface area (Å²) in [6, 6.07) is 6.30. The predicted molar refractivity (Wildman–Crippen MR) is 97.5 cm³/mol. The van der Waals surface area contributed by atoms with Gasteiger partial charge in [0, 0.05) is 29.2 Å². The van der Waals surface area contributed by atoms with Crippen molar-refractivity contribution in [3.8, 4) is 11.3 Å². The van der Waals surface area contributed by atoms with Gasteiger partial charge in [0.05, 0.1) is 17.9 Å². The van der Waals surface area contributed by atoms with E-state index in [0.717, 1.165) is 35.5 Å². The second-order valence-electron chi connectivity index (χ2n) is 6.58. The molecule has 0 aromatic carbocycles. The van der Waals surface area contributed by atoms with E-state index < -0.39 is 0 Å². The number of amides is 1. The number of hydrogen-bond donors (Lipinski definition) is 1. The van der Waals surface area contributed by atoms with Gasteiger partial charge in [-0.15, -0.1) is 11.3 Å². The Morgan fingerprint density at radius 2 is 2.24 bits per heavy atom. The normalized spacial score (nSPS) is 14.0. The third-order valence-electron chi connectivity index (χ3n) is 4.73. The number of rotatable bonds is 5. The lowest BCUT2D eigenvalue weighted by molar-refractivity contribution is 0.0725. The van der Waals surface area contributed by atoms with Crippen molar-refractivity contribution in [3.05, 3.63) is 45.5 Å². The summed E-state index contributed by atoms with van der Waals surface area (Å²) in [5.41, 5.74) is 4.28. The highest BCUT2D eigenvalue weighted by Gasteiger charge is 2.34. The Bertz CT molecular complexity index is 904. The zero-order valence-corrected chi connectivity index (χ0v) is 15.4. The van der Waals surface area contributed by atoms with Crippen molar-refractivity contribution in [3.63, 3.8) is 0 Å². The van der Waals surface area contributed by atoms with Gasteiger partial charge in [0.25, 0.3) is 5.91 Å². The van der Waals surface area contributed by atoms with Crippen LogP contribution in [0, 0.1) is 13.8 Å². The number of H-pyrrole nitrogens is 1. The van der Waals surface area contributed by atoms with Crippen LogP contribution in [0.5, 0.6) is 0 Å². The van der Waals surface area contributed by atoms with Crippen molar-refractivity contribution in [2.45, 2.75) is 39.3 Å². The van der Waals surface area contributed by atoms with Gasteiger partial charge in [-0.3, -0.25) is 14.6 Å². The van der Waals surface area contributed by atoms with Crippen molar-refractivity contribution in [1.29, 1.82) is 0 Å². The number of thiophene rings is 1. The minimum absolute atomic E-state index is 0.0221. The molecule has 3 heterocycles. The van der Waals surface area contributed by atoms with E-state index in [0.29, 0.717) is 18.3 Å². The molecule has 0 bridgehead atoms. The van der Waals surface area contributed by atoms with Crippen LogP contribution in [-0.2, 0) is 13.6 Å². The average Bonchev–Trinajstić information content (AvgIpc) is 2.99. The quantitative estimate of drug-likeness (QED) is 0.764. The maximum Gasteiger partial charge on any atom is 0.272 e. The molecule has 1 N–H and O–H groups in total. The van der Waals surface area contributed by atoms with Crippen LogP contribution in [0.3, 0.4) is 0 Å². The van der Waals surface area contributed by atoms with Crippen molar-refractivity contribution >= 4 is 17.2 Å².